The van der Waals surface area contributed by atoms with Gasteiger partial charge in [0.2, 0.25) is 0 Å². The van der Waals surface area contributed by atoms with E-state index in [1.54, 1.807) is 0 Å². The summed E-state index contributed by atoms with van der Waals surface area (Å²) in [7, 11) is 0. The molecule has 1 aromatic carbocycles. The molecule has 26 heavy (non-hydrogen) atoms. The van der Waals surface area contributed by atoms with Crippen LogP contribution >= 0.6 is 0 Å². The Morgan fingerprint density at radius 3 is 2.85 bits per heavy atom. The molecule has 0 aliphatic carbocycles. The van der Waals surface area contributed by atoms with Gasteiger partial charge in [-0.15, -0.1) is 0 Å². The Labute approximate surface area is 148 Å². The molecular formula is C17H18F2N6O. The van der Waals surface area contributed by atoms with Gasteiger partial charge in [-0.1, -0.05) is 0 Å². The predicted molar refractivity (Wildman–Crippen MR) is 91.0 cm³/mol. The van der Waals surface area contributed by atoms with E-state index in [2.05, 4.69) is 15.7 Å². The number of benzene rings is 1. The highest BCUT2D eigenvalue weighted by atomic mass is 19.1. The molecule has 3 rings (SSSR count). The summed E-state index contributed by atoms with van der Waals surface area (Å²) in [5, 5.41) is 19.3. The van der Waals surface area contributed by atoms with Gasteiger partial charge in [0.15, 0.2) is 5.82 Å². The van der Waals surface area contributed by atoms with Crippen LogP contribution in [0, 0.1) is 17.1 Å². The first kappa shape index (κ1) is 17.8. The van der Waals surface area contributed by atoms with Gasteiger partial charge in [-0.25, -0.2) is 8.78 Å². The van der Waals surface area contributed by atoms with Crippen molar-refractivity contribution in [2.45, 2.75) is 24.6 Å². The van der Waals surface area contributed by atoms with Gasteiger partial charge in [0.1, 0.15) is 23.1 Å². The lowest BCUT2D eigenvalue weighted by atomic mass is 9.84. The second kappa shape index (κ2) is 7.09. The second-order valence-corrected chi connectivity index (χ2v) is 6.19. The topological polar surface area (TPSA) is 109 Å². The van der Waals surface area contributed by atoms with E-state index in [1.807, 2.05) is 6.07 Å². The zero-order chi connectivity index (χ0) is 18.7. The normalized spacial score (nSPS) is 22.6. The molecule has 1 aromatic heterocycles. The zero-order valence-electron chi connectivity index (χ0n) is 13.9. The maximum absolute atomic E-state index is 14.7. The number of aromatic nitrogens is 2. The quantitative estimate of drug-likeness (QED) is 0.753. The largest absolute Gasteiger partial charge is 0.365 e. The van der Waals surface area contributed by atoms with Crippen LogP contribution in [0.2, 0.25) is 0 Å². The molecule has 4 N–H and O–H groups in total. The fourth-order valence-electron chi connectivity index (χ4n) is 3.10. The Kier molecular flexibility index (Phi) is 4.86. The van der Waals surface area contributed by atoms with Crippen molar-refractivity contribution in [1.29, 1.82) is 5.26 Å². The number of primary amides is 1. The fraction of sp³-hybridized carbons (Fsp3) is 0.353. The van der Waals surface area contributed by atoms with E-state index in [0.29, 0.717) is 18.7 Å². The summed E-state index contributed by atoms with van der Waals surface area (Å²) in [6.07, 6.45) is 0.266. The van der Waals surface area contributed by atoms with Crippen molar-refractivity contribution in [2.24, 2.45) is 5.73 Å². The molecule has 0 bridgehead atoms. The van der Waals surface area contributed by atoms with E-state index < -0.39 is 23.4 Å². The number of anilines is 2. The van der Waals surface area contributed by atoms with Gasteiger partial charge in [0.25, 0.3) is 5.91 Å². The maximum atomic E-state index is 14.7. The smallest absolute Gasteiger partial charge is 0.254 e. The maximum Gasteiger partial charge on any atom is 0.254 e. The van der Waals surface area contributed by atoms with Crippen molar-refractivity contribution < 1.29 is 13.6 Å². The molecule has 0 saturated carbocycles. The predicted octanol–water partition coefficient (Wildman–Crippen LogP) is 1.81. The number of nitriles is 1. The van der Waals surface area contributed by atoms with Crippen LogP contribution in [0.3, 0.4) is 0 Å². The fourth-order valence-corrected chi connectivity index (χ4v) is 3.10. The van der Waals surface area contributed by atoms with Crippen LogP contribution in [0.1, 0.15) is 23.2 Å². The Morgan fingerprint density at radius 1 is 1.50 bits per heavy atom. The first-order chi connectivity index (χ1) is 12.5. The summed E-state index contributed by atoms with van der Waals surface area (Å²) in [5.74, 6) is -1.01. The van der Waals surface area contributed by atoms with Crippen LogP contribution in [-0.2, 0) is 5.54 Å². The average Bonchev–Trinajstić information content (AvgIpc) is 3.04. The van der Waals surface area contributed by atoms with E-state index >= 15 is 0 Å². The van der Waals surface area contributed by atoms with Gasteiger partial charge in [0.05, 0.1) is 12.5 Å². The molecule has 1 amide bonds. The van der Waals surface area contributed by atoms with Gasteiger partial charge >= 0.3 is 0 Å². The number of piperidine rings is 1. The highest BCUT2D eigenvalue weighted by molar-refractivity contribution is 5.98. The van der Waals surface area contributed by atoms with Crippen molar-refractivity contribution in [3.05, 3.63) is 41.8 Å². The number of nitrogens with two attached hydrogens (primary N) is 1. The highest BCUT2D eigenvalue weighted by Gasteiger charge is 2.44. The molecule has 7 nitrogen and oxygen atoms in total. The number of rotatable bonds is 5. The first-order valence-electron chi connectivity index (χ1n) is 8.10. The third kappa shape index (κ3) is 3.23. The van der Waals surface area contributed by atoms with E-state index in [1.165, 1.54) is 35.1 Å². The van der Waals surface area contributed by atoms with E-state index in [9.17, 15) is 18.8 Å². The lowest BCUT2D eigenvalue weighted by Gasteiger charge is -2.39. The minimum absolute atomic E-state index is 0.0670. The van der Waals surface area contributed by atoms with Crippen molar-refractivity contribution in [2.75, 3.05) is 18.4 Å². The molecule has 136 valence electrons. The van der Waals surface area contributed by atoms with Gasteiger partial charge in [0, 0.05) is 18.4 Å². The molecule has 0 radical (unpaired) electrons. The third-order valence-corrected chi connectivity index (χ3v) is 4.57. The van der Waals surface area contributed by atoms with Crippen LogP contribution in [0.15, 0.2) is 30.5 Å². The Hall–Kier alpha value is -2.99. The van der Waals surface area contributed by atoms with Crippen LogP contribution in [0.4, 0.5) is 20.3 Å². The summed E-state index contributed by atoms with van der Waals surface area (Å²) in [6, 6.07) is 7.48. The summed E-state index contributed by atoms with van der Waals surface area (Å²) >= 11 is 0. The third-order valence-electron chi connectivity index (χ3n) is 4.57. The number of halogens is 2. The average molecular weight is 360 g/mol. The molecule has 9 heteroatoms. The van der Waals surface area contributed by atoms with Gasteiger partial charge < -0.3 is 16.4 Å². The number of nitrogens with one attached hydrogen (secondary N) is 2. The van der Waals surface area contributed by atoms with Crippen LogP contribution in [0.5, 0.6) is 0 Å². The SMILES string of the molecule is N#CCC1(n2cc(C(N)=O)c(Nc3ccc(F)cc3)n2)CCNC[C@H]1F. The van der Waals surface area contributed by atoms with E-state index in [0.717, 1.165) is 0 Å². The van der Waals surface area contributed by atoms with Crippen molar-refractivity contribution >= 4 is 17.4 Å². The number of carbonyl (C=O) groups is 1. The number of nitrogens with zero attached hydrogens (tertiary/aromatic N) is 3. The molecule has 1 unspecified atom stereocenters. The molecule has 1 aliphatic rings. The highest BCUT2D eigenvalue weighted by Crippen LogP contribution is 2.35. The lowest BCUT2D eigenvalue weighted by Crippen LogP contribution is -2.53. The van der Waals surface area contributed by atoms with Gasteiger partial charge in [-0.3, -0.25) is 9.48 Å². The molecular weight excluding hydrogens is 342 g/mol. The molecule has 0 spiro atoms. The first-order valence-corrected chi connectivity index (χ1v) is 8.10. The standard InChI is InChI=1S/C17H18F2N6O/c18-11-1-3-12(4-2-11)23-16-13(15(21)26)10-25(24-16)17(5-7-20)6-8-22-9-14(17)19/h1-4,10,14,22H,5-6,8-9H2,(H2,21,26)(H,23,24)/t14-,17?/m1/s1. The lowest BCUT2D eigenvalue weighted by molar-refractivity contribution is 0.0684. The number of carbonyl (C=O) groups excluding carboxylic acids is 1. The Morgan fingerprint density at radius 2 is 2.23 bits per heavy atom. The number of alkyl halides is 1. The Balaban J connectivity index is 2.01. The molecule has 2 atom stereocenters. The molecule has 2 heterocycles. The number of hydrogen-bond donors (Lipinski definition) is 3. The Bertz CT molecular complexity index is 844. The van der Waals surface area contributed by atoms with E-state index in [-0.39, 0.29) is 24.3 Å². The summed E-state index contributed by atoms with van der Waals surface area (Å²) in [6.45, 7) is 0.614. The second-order valence-electron chi connectivity index (χ2n) is 6.19. The zero-order valence-corrected chi connectivity index (χ0v) is 13.9. The van der Waals surface area contributed by atoms with Gasteiger partial charge in [-0.05, 0) is 37.2 Å². The van der Waals surface area contributed by atoms with E-state index in [4.69, 9.17) is 5.73 Å². The minimum atomic E-state index is -1.35. The van der Waals surface area contributed by atoms with Crippen LogP contribution in [-0.4, -0.2) is 34.9 Å². The van der Waals surface area contributed by atoms with Crippen LogP contribution in [0.25, 0.3) is 0 Å². The molecule has 1 fully saturated rings. The molecule has 2 aromatic rings. The van der Waals surface area contributed by atoms with Crippen molar-refractivity contribution in [1.82, 2.24) is 15.1 Å². The van der Waals surface area contributed by atoms with Crippen molar-refractivity contribution in [3.8, 4) is 6.07 Å². The summed E-state index contributed by atoms with van der Waals surface area (Å²) in [4.78, 5) is 11.8. The summed E-state index contributed by atoms with van der Waals surface area (Å²) in [5.41, 5.74) is 4.81. The monoisotopic (exact) mass is 360 g/mol. The molecule has 1 saturated heterocycles. The molecule has 1 aliphatic heterocycles. The minimum Gasteiger partial charge on any atom is -0.365 e. The summed E-state index contributed by atoms with van der Waals surface area (Å²) < 4.78 is 29.1. The number of amides is 1. The van der Waals surface area contributed by atoms with Crippen LogP contribution < -0.4 is 16.4 Å². The van der Waals surface area contributed by atoms with Gasteiger partial charge in [-0.2, -0.15) is 10.4 Å². The number of hydrogen-bond acceptors (Lipinski definition) is 5. The van der Waals surface area contributed by atoms with Crippen molar-refractivity contribution in [3.63, 3.8) is 0 Å².